The number of carbonyl (C=O) groups is 1. The first-order valence-corrected chi connectivity index (χ1v) is 5.47. The predicted molar refractivity (Wildman–Crippen MR) is 63.1 cm³/mol. The fourth-order valence-electron chi connectivity index (χ4n) is 1.46. The Morgan fingerprint density at radius 1 is 1.26 bits per heavy atom. The first kappa shape index (κ1) is 13.5. The highest BCUT2D eigenvalue weighted by molar-refractivity contribution is 6.31. The van der Waals surface area contributed by atoms with Crippen molar-refractivity contribution in [2.24, 2.45) is 0 Å². The van der Waals surface area contributed by atoms with Gasteiger partial charge < -0.3 is 9.73 Å². The van der Waals surface area contributed by atoms with Gasteiger partial charge in [-0.15, -0.1) is 0 Å². The molecule has 1 aromatic carbocycles. The number of carbonyl (C=O) groups excluding carboxylic acids is 1. The molecule has 3 nitrogen and oxygen atoms in total. The number of anilines is 1. The van der Waals surface area contributed by atoms with Crippen LogP contribution < -0.4 is 5.32 Å². The van der Waals surface area contributed by atoms with Gasteiger partial charge in [-0.05, 0) is 30.3 Å². The van der Waals surface area contributed by atoms with Crippen LogP contribution in [0.5, 0.6) is 0 Å². The first-order chi connectivity index (χ1) is 8.88. The van der Waals surface area contributed by atoms with E-state index in [-0.39, 0.29) is 10.8 Å². The molecule has 0 unspecified atom stereocenters. The van der Waals surface area contributed by atoms with Crippen LogP contribution in [0.25, 0.3) is 0 Å². The maximum Gasteiger partial charge on any atom is 0.418 e. The number of amides is 1. The fraction of sp³-hybridized carbons (Fsp3) is 0.0833. The van der Waals surface area contributed by atoms with Crippen LogP contribution in [0.15, 0.2) is 41.0 Å². The molecule has 0 radical (unpaired) electrons. The molecule has 2 rings (SSSR count). The lowest BCUT2D eigenvalue weighted by Crippen LogP contribution is -2.16. The van der Waals surface area contributed by atoms with E-state index in [0.29, 0.717) is 0 Å². The molecule has 2 aromatic rings. The molecule has 0 aliphatic rings. The molecule has 0 atom stereocenters. The lowest BCUT2D eigenvalue weighted by molar-refractivity contribution is -0.136. The summed E-state index contributed by atoms with van der Waals surface area (Å²) in [5, 5.41) is 2.21. The Morgan fingerprint density at radius 2 is 2.00 bits per heavy atom. The molecule has 1 amide bonds. The van der Waals surface area contributed by atoms with Gasteiger partial charge in [-0.2, -0.15) is 13.2 Å². The van der Waals surface area contributed by atoms with Crippen molar-refractivity contribution >= 4 is 23.2 Å². The highest BCUT2D eigenvalue weighted by Gasteiger charge is 2.34. The summed E-state index contributed by atoms with van der Waals surface area (Å²) in [6.45, 7) is 0. The summed E-state index contributed by atoms with van der Waals surface area (Å²) in [4.78, 5) is 11.7. The van der Waals surface area contributed by atoms with Crippen molar-refractivity contribution in [2.75, 3.05) is 5.32 Å². The average molecular weight is 290 g/mol. The summed E-state index contributed by atoms with van der Waals surface area (Å²) in [5.74, 6) is -0.870. The molecule has 0 fully saturated rings. The van der Waals surface area contributed by atoms with E-state index in [4.69, 9.17) is 16.0 Å². The Morgan fingerprint density at radius 3 is 2.58 bits per heavy atom. The van der Waals surface area contributed by atoms with Crippen LogP contribution in [0.3, 0.4) is 0 Å². The van der Waals surface area contributed by atoms with Crippen molar-refractivity contribution in [1.82, 2.24) is 0 Å². The topological polar surface area (TPSA) is 42.2 Å². The Labute approximate surface area is 111 Å². The molecule has 0 saturated carbocycles. The highest BCUT2D eigenvalue weighted by Crippen LogP contribution is 2.36. The number of rotatable bonds is 2. The molecule has 1 aromatic heterocycles. The molecule has 1 heterocycles. The van der Waals surface area contributed by atoms with Gasteiger partial charge in [0, 0.05) is 5.02 Å². The molecule has 0 bridgehead atoms. The van der Waals surface area contributed by atoms with E-state index in [1.807, 2.05) is 0 Å². The number of halogens is 4. The van der Waals surface area contributed by atoms with Crippen LogP contribution in [0.2, 0.25) is 5.02 Å². The van der Waals surface area contributed by atoms with Crippen LogP contribution in [0.4, 0.5) is 18.9 Å². The minimum absolute atomic E-state index is 0.0859. The second-order valence-electron chi connectivity index (χ2n) is 3.62. The van der Waals surface area contributed by atoms with Crippen molar-refractivity contribution in [2.45, 2.75) is 6.18 Å². The van der Waals surface area contributed by atoms with Gasteiger partial charge in [-0.25, -0.2) is 0 Å². The molecule has 0 spiro atoms. The number of alkyl halides is 3. The summed E-state index contributed by atoms with van der Waals surface area (Å²) in [7, 11) is 0. The minimum Gasteiger partial charge on any atom is -0.459 e. The molecule has 7 heteroatoms. The largest absolute Gasteiger partial charge is 0.459 e. The van der Waals surface area contributed by atoms with Gasteiger partial charge in [0.05, 0.1) is 17.5 Å². The number of hydrogen-bond acceptors (Lipinski definition) is 2. The summed E-state index contributed by atoms with van der Waals surface area (Å²) >= 11 is 5.63. The zero-order chi connectivity index (χ0) is 14.0. The third-order valence-corrected chi connectivity index (χ3v) is 2.52. The zero-order valence-electron chi connectivity index (χ0n) is 9.29. The Balaban J connectivity index is 2.34. The zero-order valence-corrected chi connectivity index (χ0v) is 10.0. The maximum absolute atomic E-state index is 12.8. The van der Waals surface area contributed by atoms with Gasteiger partial charge in [-0.3, -0.25) is 4.79 Å². The summed E-state index contributed by atoms with van der Waals surface area (Å²) in [6.07, 6.45) is -3.34. The second-order valence-corrected chi connectivity index (χ2v) is 4.06. The van der Waals surface area contributed by atoms with Crippen LogP contribution in [0, 0.1) is 0 Å². The van der Waals surface area contributed by atoms with E-state index in [2.05, 4.69) is 5.32 Å². The van der Waals surface area contributed by atoms with Crippen molar-refractivity contribution in [3.05, 3.63) is 52.9 Å². The number of benzene rings is 1. The lowest BCUT2D eigenvalue weighted by atomic mass is 10.1. The minimum atomic E-state index is -4.59. The standard InChI is InChI=1S/C12H7ClF3NO2/c13-7-3-4-8(12(14,15)16)9(6-7)17-11(18)10-2-1-5-19-10/h1-6H,(H,17,18). The summed E-state index contributed by atoms with van der Waals surface area (Å²) in [6, 6.07) is 5.74. The summed E-state index contributed by atoms with van der Waals surface area (Å²) in [5.41, 5.74) is -1.39. The first-order valence-electron chi connectivity index (χ1n) is 5.09. The molecule has 0 saturated heterocycles. The Kier molecular flexibility index (Phi) is 3.53. The highest BCUT2D eigenvalue weighted by atomic mass is 35.5. The smallest absolute Gasteiger partial charge is 0.418 e. The third-order valence-electron chi connectivity index (χ3n) is 2.28. The molecule has 1 N–H and O–H groups in total. The normalized spacial score (nSPS) is 11.4. The molecular weight excluding hydrogens is 283 g/mol. The van der Waals surface area contributed by atoms with Crippen molar-refractivity contribution in [1.29, 1.82) is 0 Å². The van der Waals surface area contributed by atoms with Crippen molar-refractivity contribution in [3.8, 4) is 0 Å². The van der Waals surface area contributed by atoms with Gasteiger partial charge in [0.1, 0.15) is 0 Å². The molecule has 100 valence electrons. The van der Waals surface area contributed by atoms with E-state index >= 15 is 0 Å². The summed E-state index contributed by atoms with van der Waals surface area (Å²) < 4.78 is 43.1. The molecular formula is C12H7ClF3NO2. The van der Waals surface area contributed by atoms with E-state index in [1.165, 1.54) is 18.4 Å². The van der Waals surface area contributed by atoms with Gasteiger partial charge in [0.15, 0.2) is 5.76 Å². The quantitative estimate of drug-likeness (QED) is 0.900. The van der Waals surface area contributed by atoms with Crippen LogP contribution >= 0.6 is 11.6 Å². The number of nitrogens with one attached hydrogen (secondary N) is 1. The Hall–Kier alpha value is -1.95. The van der Waals surface area contributed by atoms with E-state index < -0.39 is 23.3 Å². The lowest BCUT2D eigenvalue weighted by Gasteiger charge is -2.13. The fourth-order valence-corrected chi connectivity index (χ4v) is 1.63. The van der Waals surface area contributed by atoms with Crippen molar-refractivity contribution < 1.29 is 22.4 Å². The van der Waals surface area contributed by atoms with Crippen LogP contribution in [-0.2, 0) is 6.18 Å². The van der Waals surface area contributed by atoms with Gasteiger partial charge in [0.25, 0.3) is 5.91 Å². The van der Waals surface area contributed by atoms with Gasteiger partial charge in [0.2, 0.25) is 0 Å². The second kappa shape index (κ2) is 4.97. The average Bonchev–Trinajstić information content (AvgIpc) is 2.80. The Bertz CT molecular complexity index is 594. The molecule has 0 aliphatic carbocycles. The van der Waals surface area contributed by atoms with Crippen LogP contribution in [-0.4, -0.2) is 5.91 Å². The number of furan rings is 1. The van der Waals surface area contributed by atoms with E-state index in [9.17, 15) is 18.0 Å². The number of hydrogen-bond donors (Lipinski definition) is 1. The monoisotopic (exact) mass is 289 g/mol. The SMILES string of the molecule is O=C(Nc1cc(Cl)ccc1C(F)(F)F)c1ccco1. The van der Waals surface area contributed by atoms with E-state index in [1.54, 1.807) is 0 Å². The maximum atomic E-state index is 12.8. The van der Waals surface area contributed by atoms with Crippen LogP contribution in [0.1, 0.15) is 16.1 Å². The predicted octanol–water partition coefficient (Wildman–Crippen LogP) is 4.20. The van der Waals surface area contributed by atoms with Gasteiger partial charge in [-0.1, -0.05) is 11.6 Å². The van der Waals surface area contributed by atoms with Gasteiger partial charge >= 0.3 is 6.18 Å². The molecule has 19 heavy (non-hydrogen) atoms. The van der Waals surface area contributed by atoms with E-state index in [0.717, 1.165) is 18.2 Å². The third kappa shape index (κ3) is 3.08. The van der Waals surface area contributed by atoms with Crippen molar-refractivity contribution in [3.63, 3.8) is 0 Å². The molecule has 0 aliphatic heterocycles.